The lowest BCUT2D eigenvalue weighted by Crippen LogP contribution is -2.06. The number of Topliss-reactive ketones (excluding diaryl/α,β-unsaturated/α-hetero) is 1. The molecule has 1 rings (SSSR count). The number of carbonyl (C=O) groups is 1. The first-order valence-electron chi connectivity index (χ1n) is 5.25. The summed E-state index contributed by atoms with van der Waals surface area (Å²) in [4.78, 5) is 12.7. The molecule has 14 heavy (non-hydrogen) atoms. The van der Waals surface area contributed by atoms with Gasteiger partial charge in [0.25, 0.3) is 0 Å². The largest absolute Gasteiger partial charge is 0.299 e. The van der Waals surface area contributed by atoms with Gasteiger partial charge in [0.1, 0.15) is 5.78 Å². The third-order valence-corrected chi connectivity index (χ3v) is 3.26. The average Bonchev–Trinajstić information content (AvgIpc) is 2.64. The fourth-order valence-corrected chi connectivity index (χ4v) is 2.09. The number of hydrogen-bond donors (Lipinski definition) is 0. The van der Waals surface area contributed by atoms with E-state index in [1.54, 1.807) is 11.3 Å². The Bertz CT molecular complexity index is 262. The Morgan fingerprint density at radius 3 is 2.79 bits per heavy atom. The van der Waals surface area contributed by atoms with Gasteiger partial charge in [0.05, 0.1) is 0 Å². The number of aryl methyl sites for hydroxylation is 1. The number of hydrogen-bond acceptors (Lipinski definition) is 2. The van der Waals surface area contributed by atoms with Crippen LogP contribution < -0.4 is 0 Å². The highest BCUT2D eigenvalue weighted by Gasteiger charge is 2.05. The molecule has 0 aromatic carbocycles. The maximum Gasteiger partial charge on any atom is 0.135 e. The summed E-state index contributed by atoms with van der Waals surface area (Å²) in [5, 5.41) is 2.11. The maximum atomic E-state index is 11.3. The van der Waals surface area contributed by atoms with E-state index in [1.807, 2.05) is 13.8 Å². The lowest BCUT2D eigenvalue weighted by molar-refractivity contribution is -0.122. The first-order chi connectivity index (χ1) is 6.70. The summed E-state index contributed by atoms with van der Waals surface area (Å²) in [6, 6.07) is 4.24. The third-order valence-electron chi connectivity index (χ3n) is 2.32. The molecule has 0 N–H and O–H groups in total. The zero-order valence-corrected chi connectivity index (χ0v) is 9.77. The van der Waals surface area contributed by atoms with Gasteiger partial charge in [-0.05, 0) is 30.7 Å². The minimum Gasteiger partial charge on any atom is -0.299 e. The fraction of sp³-hybridized carbons (Fsp3) is 0.583. The SMILES string of the molecule is CC(C)C(=O)CCCCc1cccs1. The van der Waals surface area contributed by atoms with E-state index in [2.05, 4.69) is 17.5 Å². The quantitative estimate of drug-likeness (QED) is 0.654. The van der Waals surface area contributed by atoms with Crippen molar-refractivity contribution >= 4 is 17.1 Å². The van der Waals surface area contributed by atoms with Crippen LogP contribution in [0.1, 0.15) is 38.0 Å². The van der Waals surface area contributed by atoms with Gasteiger partial charge in [-0.2, -0.15) is 0 Å². The predicted octanol–water partition coefficient (Wildman–Crippen LogP) is 3.69. The van der Waals surface area contributed by atoms with Crippen molar-refractivity contribution < 1.29 is 4.79 Å². The van der Waals surface area contributed by atoms with E-state index in [0.717, 1.165) is 25.7 Å². The molecule has 0 fully saturated rings. The second-order valence-corrected chi connectivity index (χ2v) is 4.94. The smallest absolute Gasteiger partial charge is 0.135 e. The molecule has 0 unspecified atom stereocenters. The van der Waals surface area contributed by atoms with Crippen LogP contribution in [0.3, 0.4) is 0 Å². The van der Waals surface area contributed by atoms with E-state index < -0.39 is 0 Å². The topological polar surface area (TPSA) is 17.1 Å². The molecule has 0 bridgehead atoms. The second-order valence-electron chi connectivity index (χ2n) is 3.91. The van der Waals surface area contributed by atoms with Crippen molar-refractivity contribution in [2.75, 3.05) is 0 Å². The molecule has 0 amide bonds. The summed E-state index contributed by atoms with van der Waals surface area (Å²) < 4.78 is 0. The number of rotatable bonds is 6. The van der Waals surface area contributed by atoms with Gasteiger partial charge in [-0.15, -0.1) is 11.3 Å². The van der Waals surface area contributed by atoms with E-state index >= 15 is 0 Å². The molecule has 1 nitrogen and oxygen atoms in total. The normalized spacial score (nSPS) is 10.8. The molecule has 2 heteroatoms. The van der Waals surface area contributed by atoms with Gasteiger partial charge < -0.3 is 0 Å². The zero-order valence-electron chi connectivity index (χ0n) is 8.95. The van der Waals surface area contributed by atoms with Crippen molar-refractivity contribution in [2.45, 2.75) is 39.5 Å². The number of carbonyl (C=O) groups excluding carboxylic acids is 1. The number of ketones is 1. The van der Waals surface area contributed by atoms with Gasteiger partial charge in [-0.3, -0.25) is 4.79 Å². The molecule has 1 aromatic heterocycles. The van der Waals surface area contributed by atoms with Crippen molar-refractivity contribution in [3.63, 3.8) is 0 Å². The van der Waals surface area contributed by atoms with Gasteiger partial charge in [-0.1, -0.05) is 19.9 Å². The van der Waals surface area contributed by atoms with Gasteiger partial charge in [-0.25, -0.2) is 0 Å². The minimum absolute atomic E-state index is 0.205. The number of unbranched alkanes of at least 4 members (excludes halogenated alkanes) is 1. The lowest BCUT2D eigenvalue weighted by Gasteiger charge is -2.02. The molecule has 0 aliphatic heterocycles. The minimum atomic E-state index is 0.205. The van der Waals surface area contributed by atoms with Crippen LogP contribution >= 0.6 is 11.3 Å². The first kappa shape index (κ1) is 11.4. The second kappa shape index (κ2) is 5.97. The van der Waals surface area contributed by atoms with Crippen LogP contribution in [0, 0.1) is 5.92 Å². The van der Waals surface area contributed by atoms with Crippen molar-refractivity contribution in [2.24, 2.45) is 5.92 Å². The Morgan fingerprint density at radius 1 is 1.43 bits per heavy atom. The van der Waals surface area contributed by atoms with Crippen molar-refractivity contribution in [3.05, 3.63) is 22.4 Å². The van der Waals surface area contributed by atoms with Crippen molar-refractivity contribution in [1.82, 2.24) is 0 Å². The summed E-state index contributed by atoms with van der Waals surface area (Å²) in [5.74, 6) is 0.605. The van der Waals surface area contributed by atoms with Gasteiger partial charge in [0.2, 0.25) is 0 Å². The van der Waals surface area contributed by atoms with E-state index in [-0.39, 0.29) is 5.92 Å². The van der Waals surface area contributed by atoms with Crippen molar-refractivity contribution in [1.29, 1.82) is 0 Å². The Hall–Kier alpha value is -0.630. The molecular weight excluding hydrogens is 192 g/mol. The van der Waals surface area contributed by atoms with Crippen LogP contribution in [-0.2, 0) is 11.2 Å². The summed E-state index contributed by atoms with van der Waals surface area (Å²) in [6.07, 6.45) is 4.06. The van der Waals surface area contributed by atoms with E-state index in [0.29, 0.717) is 5.78 Å². The molecule has 0 aliphatic carbocycles. The van der Waals surface area contributed by atoms with Gasteiger partial charge in [0.15, 0.2) is 0 Å². The fourth-order valence-electron chi connectivity index (χ4n) is 1.34. The highest BCUT2D eigenvalue weighted by molar-refractivity contribution is 7.09. The van der Waals surface area contributed by atoms with Crippen LogP contribution in [-0.4, -0.2) is 5.78 Å². The summed E-state index contributed by atoms with van der Waals surface area (Å²) in [5.41, 5.74) is 0. The molecule has 1 heterocycles. The van der Waals surface area contributed by atoms with E-state index in [9.17, 15) is 4.79 Å². The zero-order chi connectivity index (χ0) is 10.4. The van der Waals surface area contributed by atoms with Crippen LogP contribution in [0.2, 0.25) is 0 Å². The molecule has 0 saturated heterocycles. The molecule has 0 saturated carbocycles. The molecule has 0 aliphatic rings. The van der Waals surface area contributed by atoms with Crippen LogP contribution in [0.15, 0.2) is 17.5 Å². The van der Waals surface area contributed by atoms with Gasteiger partial charge in [0, 0.05) is 17.2 Å². The Labute approximate surface area is 90.2 Å². The molecule has 0 spiro atoms. The lowest BCUT2D eigenvalue weighted by atomic mass is 10.0. The van der Waals surface area contributed by atoms with Crippen LogP contribution in [0.4, 0.5) is 0 Å². The molecule has 0 atom stereocenters. The van der Waals surface area contributed by atoms with E-state index in [1.165, 1.54) is 4.88 Å². The summed E-state index contributed by atoms with van der Waals surface area (Å²) in [7, 11) is 0. The van der Waals surface area contributed by atoms with E-state index in [4.69, 9.17) is 0 Å². The monoisotopic (exact) mass is 210 g/mol. The molecule has 1 aromatic rings. The van der Waals surface area contributed by atoms with Crippen molar-refractivity contribution in [3.8, 4) is 0 Å². The summed E-state index contributed by atoms with van der Waals surface area (Å²) in [6.45, 7) is 3.95. The Balaban J connectivity index is 2.08. The number of thiophene rings is 1. The van der Waals surface area contributed by atoms with Crippen LogP contribution in [0.5, 0.6) is 0 Å². The average molecular weight is 210 g/mol. The highest BCUT2D eigenvalue weighted by atomic mass is 32.1. The Kier molecular flexibility index (Phi) is 4.88. The molecule has 78 valence electrons. The highest BCUT2D eigenvalue weighted by Crippen LogP contribution is 2.13. The van der Waals surface area contributed by atoms with Crippen LogP contribution in [0.25, 0.3) is 0 Å². The Morgan fingerprint density at radius 2 is 2.21 bits per heavy atom. The van der Waals surface area contributed by atoms with Gasteiger partial charge >= 0.3 is 0 Å². The standard InChI is InChI=1S/C12H18OS/c1-10(2)12(13)8-4-3-6-11-7-5-9-14-11/h5,7,9-10H,3-4,6,8H2,1-2H3. The molecular formula is C12H18OS. The summed E-state index contributed by atoms with van der Waals surface area (Å²) >= 11 is 1.80. The first-order valence-corrected chi connectivity index (χ1v) is 6.13. The molecule has 0 radical (unpaired) electrons. The third kappa shape index (κ3) is 4.05. The maximum absolute atomic E-state index is 11.3. The predicted molar refractivity (Wildman–Crippen MR) is 61.7 cm³/mol.